The minimum absolute atomic E-state index is 0.000199. The van der Waals surface area contributed by atoms with Crippen molar-refractivity contribution in [2.24, 2.45) is 5.73 Å². The zero-order valence-corrected chi connectivity index (χ0v) is 18.5. The third-order valence-electron chi connectivity index (χ3n) is 4.95. The van der Waals surface area contributed by atoms with Gasteiger partial charge < -0.3 is 25.9 Å². The molecule has 0 saturated carbocycles. The van der Waals surface area contributed by atoms with E-state index >= 15 is 0 Å². The van der Waals surface area contributed by atoms with Gasteiger partial charge in [0.2, 0.25) is 5.91 Å². The van der Waals surface area contributed by atoms with Gasteiger partial charge in [-0.1, -0.05) is 45.0 Å². The molecule has 0 aliphatic rings. The Morgan fingerprint density at radius 3 is 2.16 bits per heavy atom. The van der Waals surface area contributed by atoms with Crippen LogP contribution in [0.3, 0.4) is 0 Å². The number of hydrogen-bond acceptors (Lipinski definition) is 5. The zero-order valence-electron chi connectivity index (χ0n) is 18.5. The zero-order chi connectivity index (χ0) is 23.0. The van der Waals surface area contributed by atoms with Gasteiger partial charge in [0.25, 0.3) is 5.91 Å². The molecule has 0 aliphatic heterocycles. The van der Waals surface area contributed by atoms with Crippen molar-refractivity contribution in [2.75, 3.05) is 12.4 Å². The summed E-state index contributed by atoms with van der Waals surface area (Å²) in [4.78, 5) is 36.1. The van der Waals surface area contributed by atoms with Gasteiger partial charge in [-0.2, -0.15) is 0 Å². The first-order valence-corrected chi connectivity index (χ1v) is 10.2. The third kappa shape index (κ3) is 6.93. The monoisotopic (exact) mass is 425 g/mol. The summed E-state index contributed by atoms with van der Waals surface area (Å²) < 4.78 is 5.17. The van der Waals surface area contributed by atoms with Gasteiger partial charge in [-0.25, -0.2) is 0 Å². The highest BCUT2D eigenvalue weighted by Gasteiger charge is 2.25. The number of anilines is 1. The van der Waals surface area contributed by atoms with Crippen LogP contribution in [-0.2, 0) is 19.8 Å². The summed E-state index contributed by atoms with van der Waals surface area (Å²) >= 11 is 0. The number of benzene rings is 2. The summed E-state index contributed by atoms with van der Waals surface area (Å²) in [5, 5.41) is 5.56. The maximum absolute atomic E-state index is 13.1. The average Bonchev–Trinajstić information content (AvgIpc) is 2.75. The van der Waals surface area contributed by atoms with Gasteiger partial charge in [-0.15, -0.1) is 0 Å². The molecule has 2 rings (SSSR count). The summed E-state index contributed by atoms with van der Waals surface area (Å²) in [5.74, 6) is -0.264. The lowest BCUT2D eigenvalue weighted by Crippen LogP contribution is -2.45. The van der Waals surface area contributed by atoms with Crippen molar-refractivity contribution in [1.82, 2.24) is 5.32 Å². The maximum atomic E-state index is 13.1. The predicted octanol–water partition coefficient (Wildman–Crippen LogP) is 3.10. The summed E-state index contributed by atoms with van der Waals surface area (Å²) in [7, 11) is 1.55. The van der Waals surface area contributed by atoms with Crippen LogP contribution in [0.1, 0.15) is 50.8 Å². The first kappa shape index (κ1) is 24.1. The molecule has 0 aliphatic carbocycles. The van der Waals surface area contributed by atoms with Crippen LogP contribution >= 0.6 is 0 Å². The van der Waals surface area contributed by atoms with E-state index in [1.165, 1.54) is 0 Å². The summed E-state index contributed by atoms with van der Waals surface area (Å²) in [6.07, 6.45) is 1.09. The third-order valence-corrected chi connectivity index (χ3v) is 4.95. The van der Waals surface area contributed by atoms with E-state index in [4.69, 9.17) is 10.5 Å². The van der Waals surface area contributed by atoms with Gasteiger partial charge in [-0.05, 0) is 47.2 Å². The summed E-state index contributed by atoms with van der Waals surface area (Å²) in [5.41, 5.74) is 8.21. The molecule has 31 heavy (non-hydrogen) atoms. The molecule has 166 valence electrons. The van der Waals surface area contributed by atoms with Crippen molar-refractivity contribution in [3.63, 3.8) is 0 Å². The molecule has 7 heteroatoms. The first-order chi connectivity index (χ1) is 14.7. The van der Waals surface area contributed by atoms with Crippen LogP contribution in [0.15, 0.2) is 48.5 Å². The number of carbonyl (C=O) groups is 3. The van der Waals surface area contributed by atoms with Crippen LogP contribution in [0.2, 0.25) is 0 Å². The van der Waals surface area contributed by atoms with Gasteiger partial charge in [0.15, 0.2) is 0 Å². The van der Waals surface area contributed by atoms with Crippen LogP contribution in [0.25, 0.3) is 0 Å². The molecule has 4 N–H and O–H groups in total. The van der Waals surface area contributed by atoms with Gasteiger partial charge >= 0.3 is 0 Å². The molecule has 0 bridgehead atoms. The highest BCUT2D eigenvalue weighted by Crippen LogP contribution is 2.24. The van der Waals surface area contributed by atoms with E-state index < -0.39 is 23.9 Å². The Labute approximate surface area is 183 Å². The van der Waals surface area contributed by atoms with Crippen LogP contribution in [0, 0.1) is 0 Å². The normalized spacial score (nSPS) is 13.1. The molecule has 2 amide bonds. The number of nitrogens with one attached hydrogen (secondary N) is 2. The Kier molecular flexibility index (Phi) is 8.33. The smallest absolute Gasteiger partial charge is 0.251 e. The fourth-order valence-corrected chi connectivity index (χ4v) is 2.99. The van der Waals surface area contributed by atoms with Gasteiger partial charge in [0.05, 0.1) is 13.2 Å². The standard InChI is InChI=1S/C24H31N3O4/c1-24(2,3)17-9-11-18(12-10-17)26-23(30)21(16-7-13-19(31-4)14-8-16)27-22(29)20(25)6-5-15-28/h7-15,20-21H,5-6,25H2,1-4H3,(H,26,30)(H,27,29). The molecule has 0 fully saturated rings. The fraction of sp³-hybridized carbons (Fsp3) is 0.375. The second-order valence-electron chi connectivity index (χ2n) is 8.38. The van der Waals surface area contributed by atoms with Crippen molar-refractivity contribution in [3.8, 4) is 5.75 Å². The van der Waals surface area contributed by atoms with Crippen LogP contribution < -0.4 is 21.1 Å². The van der Waals surface area contributed by atoms with E-state index in [-0.39, 0.29) is 18.3 Å². The maximum Gasteiger partial charge on any atom is 0.251 e. The van der Waals surface area contributed by atoms with Crippen molar-refractivity contribution in [3.05, 3.63) is 59.7 Å². The highest BCUT2D eigenvalue weighted by molar-refractivity contribution is 5.98. The van der Waals surface area contributed by atoms with Crippen molar-refractivity contribution >= 4 is 23.8 Å². The minimum atomic E-state index is -0.956. The fourth-order valence-electron chi connectivity index (χ4n) is 2.99. The Hall–Kier alpha value is -3.19. The summed E-state index contributed by atoms with van der Waals surface area (Å²) in [6, 6.07) is 12.6. The Balaban J connectivity index is 2.22. The summed E-state index contributed by atoms with van der Waals surface area (Å²) in [6.45, 7) is 6.34. The van der Waals surface area contributed by atoms with E-state index in [0.29, 0.717) is 23.3 Å². The largest absolute Gasteiger partial charge is 0.497 e. The van der Waals surface area contributed by atoms with Gasteiger partial charge in [-0.3, -0.25) is 9.59 Å². The van der Waals surface area contributed by atoms with Crippen molar-refractivity contribution in [1.29, 1.82) is 0 Å². The van der Waals surface area contributed by atoms with Crippen molar-refractivity contribution < 1.29 is 19.1 Å². The Bertz CT molecular complexity index is 887. The molecule has 2 aromatic rings. The van der Waals surface area contributed by atoms with Crippen molar-refractivity contribution in [2.45, 2.75) is 51.1 Å². The second kappa shape index (κ2) is 10.7. The average molecular weight is 426 g/mol. The number of rotatable bonds is 9. The molecule has 2 atom stereocenters. The van der Waals surface area contributed by atoms with E-state index in [0.717, 1.165) is 5.56 Å². The van der Waals surface area contributed by atoms with E-state index in [9.17, 15) is 14.4 Å². The van der Waals surface area contributed by atoms with Crippen LogP contribution in [0.5, 0.6) is 5.75 Å². The lowest BCUT2D eigenvalue weighted by atomic mass is 9.87. The molecular formula is C24H31N3O4. The lowest BCUT2D eigenvalue weighted by molar-refractivity contribution is -0.127. The van der Waals surface area contributed by atoms with Gasteiger partial charge in [0, 0.05) is 12.1 Å². The quantitative estimate of drug-likeness (QED) is 0.535. The minimum Gasteiger partial charge on any atom is -0.497 e. The lowest BCUT2D eigenvalue weighted by Gasteiger charge is -2.22. The molecule has 0 aromatic heterocycles. The number of ether oxygens (including phenoxy) is 1. The molecule has 2 unspecified atom stereocenters. The molecule has 0 radical (unpaired) electrons. The predicted molar refractivity (Wildman–Crippen MR) is 121 cm³/mol. The number of hydrogen-bond donors (Lipinski definition) is 3. The molecule has 0 heterocycles. The Morgan fingerprint density at radius 2 is 1.65 bits per heavy atom. The second-order valence-corrected chi connectivity index (χ2v) is 8.38. The SMILES string of the molecule is COc1ccc(C(NC(=O)C(N)CCC=O)C(=O)Nc2ccc(C(C)(C)C)cc2)cc1. The van der Waals surface area contributed by atoms with E-state index in [1.54, 1.807) is 31.4 Å². The van der Waals surface area contributed by atoms with Crippen LogP contribution in [-0.4, -0.2) is 31.3 Å². The molecule has 0 spiro atoms. The van der Waals surface area contributed by atoms with E-state index in [1.807, 2.05) is 24.3 Å². The first-order valence-electron chi connectivity index (χ1n) is 10.2. The Morgan fingerprint density at radius 1 is 1.03 bits per heavy atom. The number of nitrogens with two attached hydrogens (primary N) is 1. The highest BCUT2D eigenvalue weighted by atomic mass is 16.5. The van der Waals surface area contributed by atoms with Crippen LogP contribution in [0.4, 0.5) is 5.69 Å². The molecule has 0 saturated heterocycles. The molecule has 7 nitrogen and oxygen atoms in total. The van der Waals surface area contributed by atoms with Gasteiger partial charge in [0.1, 0.15) is 18.1 Å². The number of aldehydes is 1. The molecular weight excluding hydrogens is 394 g/mol. The topological polar surface area (TPSA) is 111 Å². The number of carbonyl (C=O) groups excluding carboxylic acids is 3. The number of methoxy groups -OCH3 is 1. The van der Waals surface area contributed by atoms with E-state index in [2.05, 4.69) is 31.4 Å². The number of amides is 2. The molecule has 2 aromatic carbocycles.